The molecule has 4 bridgehead atoms. The molecular weight excluding hydrogens is 474 g/mol. The second kappa shape index (κ2) is 9.63. The van der Waals surface area contributed by atoms with Crippen molar-refractivity contribution in [1.29, 1.82) is 0 Å². The zero-order valence-corrected chi connectivity index (χ0v) is 21.8. The molecule has 1 saturated heterocycles. The van der Waals surface area contributed by atoms with Gasteiger partial charge < -0.3 is 26.4 Å². The standard InChI is InChI=1S/C27H38ClN7O/c1-17-10-21(2-3-23(17)35-8-6-34(5-4-29)7-9-35)31-26-30-16-22(28)25(33-26)32-24-19-11-18-12-20(24)15-27(36,13-18)14-19/h2-3,10,16,18-20,24,36H,4-9,11-15,29H2,1H3,(H2,30,31,32,33). The van der Waals surface area contributed by atoms with Crippen LogP contribution in [0.25, 0.3) is 0 Å². The lowest BCUT2D eigenvalue weighted by molar-refractivity contribution is -0.129. The van der Waals surface area contributed by atoms with E-state index in [1.54, 1.807) is 6.20 Å². The Morgan fingerprint density at radius 3 is 2.56 bits per heavy atom. The highest BCUT2D eigenvalue weighted by Crippen LogP contribution is 2.56. The number of nitrogens with zero attached hydrogens (tertiary/aromatic N) is 4. The first-order valence-corrected chi connectivity index (χ1v) is 13.8. The molecule has 0 spiro atoms. The van der Waals surface area contributed by atoms with E-state index in [2.05, 4.69) is 50.5 Å². The monoisotopic (exact) mass is 511 g/mol. The summed E-state index contributed by atoms with van der Waals surface area (Å²) in [6.07, 6.45) is 6.82. The molecule has 194 valence electrons. The Balaban J connectivity index is 1.13. The molecule has 0 amide bonds. The molecule has 8 nitrogen and oxygen atoms in total. The van der Waals surface area contributed by atoms with Gasteiger partial charge in [0.15, 0.2) is 5.82 Å². The third-order valence-electron chi connectivity index (χ3n) is 8.90. The largest absolute Gasteiger partial charge is 0.390 e. The third kappa shape index (κ3) is 4.76. The maximum atomic E-state index is 10.9. The predicted octanol–water partition coefficient (Wildman–Crippen LogP) is 3.61. The van der Waals surface area contributed by atoms with Crippen molar-refractivity contribution in [1.82, 2.24) is 14.9 Å². The fourth-order valence-corrected chi connectivity index (χ4v) is 7.66. The SMILES string of the molecule is Cc1cc(Nc2ncc(Cl)c(NC3C4CC5CC3CC(O)(C5)C4)n2)ccc1N1CCN(CCN)CC1. The van der Waals surface area contributed by atoms with Gasteiger partial charge in [-0.05, 0) is 80.5 Å². The number of aromatic nitrogens is 2. The van der Waals surface area contributed by atoms with Crippen molar-refractivity contribution in [3.63, 3.8) is 0 Å². The number of hydrogen-bond acceptors (Lipinski definition) is 8. The number of aliphatic hydroxyl groups is 1. The first-order valence-electron chi connectivity index (χ1n) is 13.5. The highest BCUT2D eigenvalue weighted by molar-refractivity contribution is 6.32. The average molecular weight is 512 g/mol. The fraction of sp³-hybridized carbons (Fsp3) is 0.630. The van der Waals surface area contributed by atoms with E-state index < -0.39 is 5.60 Å². The zero-order valence-electron chi connectivity index (χ0n) is 21.1. The van der Waals surface area contributed by atoms with E-state index in [0.717, 1.165) is 64.2 Å². The molecule has 1 aromatic carbocycles. The highest BCUT2D eigenvalue weighted by Gasteiger charge is 2.54. The molecule has 1 aliphatic heterocycles. The molecule has 36 heavy (non-hydrogen) atoms. The maximum Gasteiger partial charge on any atom is 0.229 e. The lowest BCUT2D eigenvalue weighted by Gasteiger charge is -2.58. The molecule has 5 N–H and O–H groups in total. The van der Waals surface area contributed by atoms with Crippen molar-refractivity contribution >= 4 is 34.7 Å². The molecule has 7 rings (SSSR count). The number of nitrogens with one attached hydrogen (secondary N) is 2. The lowest BCUT2D eigenvalue weighted by atomic mass is 9.52. The topological polar surface area (TPSA) is 103 Å². The van der Waals surface area contributed by atoms with Crippen molar-refractivity contribution < 1.29 is 5.11 Å². The van der Waals surface area contributed by atoms with Gasteiger partial charge in [-0.3, -0.25) is 4.90 Å². The Morgan fingerprint density at radius 2 is 1.89 bits per heavy atom. The molecule has 2 heterocycles. The normalized spacial score (nSPS) is 31.6. The molecule has 0 radical (unpaired) electrons. The zero-order chi connectivity index (χ0) is 24.9. The predicted molar refractivity (Wildman–Crippen MR) is 145 cm³/mol. The summed E-state index contributed by atoms with van der Waals surface area (Å²) in [6, 6.07) is 6.75. The van der Waals surface area contributed by atoms with Crippen molar-refractivity contribution in [3.05, 3.63) is 35.0 Å². The Kier molecular flexibility index (Phi) is 6.48. The lowest BCUT2D eigenvalue weighted by Crippen LogP contribution is -2.59. The van der Waals surface area contributed by atoms with Crippen LogP contribution in [0.2, 0.25) is 5.02 Å². The molecule has 2 unspecified atom stereocenters. The molecule has 4 aliphatic carbocycles. The maximum absolute atomic E-state index is 10.9. The summed E-state index contributed by atoms with van der Waals surface area (Å²) in [5, 5.41) is 18.5. The number of benzene rings is 1. The van der Waals surface area contributed by atoms with E-state index in [1.807, 2.05) is 0 Å². The van der Waals surface area contributed by atoms with E-state index in [1.165, 1.54) is 24.1 Å². The van der Waals surface area contributed by atoms with Crippen LogP contribution < -0.4 is 21.3 Å². The van der Waals surface area contributed by atoms with E-state index >= 15 is 0 Å². The number of piperazine rings is 1. The van der Waals surface area contributed by atoms with Crippen molar-refractivity contribution in [2.45, 2.75) is 50.7 Å². The number of nitrogens with two attached hydrogens (primary N) is 1. The van der Waals surface area contributed by atoms with Crippen LogP contribution in [0.1, 0.15) is 37.7 Å². The number of anilines is 4. The van der Waals surface area contributed by atoms with Gasteiger partial charge in [0, 0.05) is 56.7 Å². The summed E-state index contributed by atoms with van der Waals surface area (Å²) in [6.45, 7) is 7.98. The van der Waals surface area contributed by atoms with Crippen LogP contribution in [0.15, 0.2) is 24.4 Å². The number of aryl methyl sites for hydroxylation is 1. The summed E-state index contributed by atoms with van der Waals surface area (Å²) in [5.41, 5.74) is 8.73. The van der Waals surface area contributed by atoms with E-state index in [9.17, 15) is 5.11 Å². The van der Waals surface area contributed by atoms with Gasteiger partial charge in [0.05, 0.1) is 11.8 Å². The van der Waals surface area contributed by atoms with Crippen LogP contribution in [0, 0.1) is 24.7 Å². The Morgan fingerprint density at radius 1 is 1.14 bits per heavy atom. The van der Waals surface area contributed by atoms with Gasteiger partial charge in [-0.15, -0.1) is 0 Å². The summed E-state index contributed by atoms with van der Waals surface area (Å²) in [7, 11) is 0. The van der Waals surface area contributed by atoms with Crippen molar-refractivity contribution in [2.24, 2.45) is 23.5 Å². The summed E-state index contributed by atoms with van der Waals surface area (Å²) in [5.74, 6) is 2.85. The van der Waals surface area contributed by atoms with Gasteiger partial charge in [0.1, 0.15) is 5.02 Å². The minimum atomic E-state index is -0.446. The van der Waals surface area contributed by atoms with Crippen LogP contribution in [-0.4, -0.2) is 70.9 Å². The van der Waals surface area contributed by atoms with Crippen molar-refractivity contribution in [2.75, 3.05) is 54.8 Å². The molecule has 9 heteroatoms. The quantitative estimate of drug-likeness (QED) is 0.447. The van der Waals surface area contributed by atoms with Crippen molar-refractivity contribution in [3.8, 4) is 0 Å². The Hall–Kier alpha value is -2.13. The molecule has 4 saturated carbocycles. The van der Waals surface area contributed by atoms with Gasteiger partial charge in [-0.25, -0.2) is 4.98 Å². The minimum Gasteiger partial charge on any atom is -0.390 e. The van der Waals surface area contributed by atoms with Crippen LogP contribution in [0.3, 0.4) is 0 Å². The van der Waals surface area contributed by atoms with Gasteiger partial charge in [0.2, 0.25) is 5.95 Å². The van der Waals surface area contributed by atoms with Gasteiger partial charge in [0.25, 0.3) is 0 Å². The summed E-state index contributed by atoms with van der Waals surface area (Å²) in [4.78, 5) is 14.1. The molecule has 5 fully saturated rings. The molecular formula is C27H38ClN7O. The molecule has 2 atom stereocenters. The van der Waals surface area contributed by atoms with E-state index in [4.69, 9.17) is 22.3 Å². The fourth-order valence-electron chi connectivity index (χ4n) is 7.52. The average Bonchev–Trinajstić information content (AvgIpc) is 2.83. The van der Waals surface area contributed by atoms with Crippen LogP contribution >= 0.6 is 11.6 Å². The van der Waals surface area contributed by atoms with Crippen LogP contribution in [0.5, 0.6) is 0 Å². The highest BCUT2D eigenvalue weighted by atomic mass is 35.5. The first kappa shape index (κ1) is 24.2. The second-order valence-corrected chi connectivity index (χ2v) is 11.9. The van der Waals surface area contributed by atoms with Crippen LogP contribution in [-0.2, 0) is 0 Å². The minimum absolute atomic E-state index is 0.314. The molecule has 5 aliphatic rings. The molecule has 2 aromatic rings. The van der Waals surface area contributed by atoms with Gasteiger partial charge in [-0.2, -0.15) is 4.98 Å². The number of rotatable bonds is 7. The molecule has 1 aromatic heterocycles. The third-order valence-corrected chi connectivity index (χ3v) is 9.18. The Bertz CT molecular complexity index is 1090. The van der Waals surface area contributed by atoms with Gasteiger partial charge >= 0.3 is 0 Å². The van der Waals surface area contributed by atoms with Gasteiger partial charge in [-0.1, -0.05) is 11.6 Å². The second-order valence-electron chi connectivity index (χ2n) is 11.5. The van der Waals surface area contributed by atoms with E-state index in [-0.39, 0.29) is 0 Å². The number of halogens is 1. The Labute approximate surface area is 218 Å². The van der Waals surface area contributed by atoms with E-state index in [0.29, 0.717) is 40.6 Å². The summed E-state index contributed by atoms with van der Waals surface area (Å²) >= 11 is 6.52. The summed E-state index contributed by atoms with van der Waals surface area (Å²) < 4.78 is 0. The first-order chi connectivity index (χ1) is 17.4. The van der Waals surface area contributed by atoms with Crippen LogP contribution in [0.4, 0.5) is 23.1 Å². The smallest absolute Gasteiger partial charge is 0.229 e. The number of hydrogen-bond donors (Lipinski definition) is 4.